The lowest BCUT2D eigenvalue weighted by Crippen LogP contribution is -2.18. The molecular weight excluding hydrogens is 348 g/mol. The van der Waals surface area contributed by atoms with Crippen molar-refractivity contribution in [3.8, 4) is 5.75 Å². The summed E-state index contributed by atoms with van der Waals surface area (Å²) in [5.41, 5.74) is -0.215. The Hall–Kier alpha value is -3.41. The Labute approximate surface area is 155 Å². The largest absolute Gasteiger partial charge is 0.462 e. The first-order chi connectivity index (χ1) is 13.1. The van der Waals surface area contributed by atoms with Gasteiger partial charge in [-0.2, -0.15) is 0 Å². The van der Waals surface area contributed by atoms with Crippen LogP contribution in [0.4, 0.5) is 0 Å². The third-order valence-corrected chi connectivity index (χ3v) is 3.89. The zero-order chi connectivity index (χ0) is 19.2. The molecule has 0 aliphatic rings. The van der Waals surface area contributed by atoms with E-state index in [1.54, 1.807) is 24.3 Å². The molecule has 0 aliphatic heterocycles. The summed E-state index contributed by atoms with van der Waals surface area (Å²) in [6, 6.07) is 14.3. The zero-order valence-electron chi connectivity index (χ0n) is 14.8. The molecule has 0 radical (unpaired) electrons. The van der Waals surface area contributed by atoms with Crippen molar-refractivity contribution in [2.75, 3.05) is 6.61 Å². The Morgan fingerprint density at radius 2 is 1.74 bits per heavy atom. The monoisotopic (exact) mass is 366 g/mol. The van der Waals surface area contributed by atoms with Gasteiger partial charge >= 0.3 is 17.6 Å². The summed E-state index contributed by atoms with van der Waals surface area (Å²) in [6.07, 6.45) is 1.74. The number of carbonyl (C=O) groups is 2. The molecule has 27 heavy (non-hydrogen) atoms. The predicted octanol–water partition coefficient (Wildman–Crippen LogP) is 3.97. The van der Waals surface area contributed by atoms with Crippen LogP contribution >= 0.6 is 0 Å². The summed E-state index contributed by atoms with van der Waals surface area (Å²) < 4.78 is 15.5. The second-order valence-electron chi connectivity index (χ2n) is 5.89. The third kappa shape index (κ3) is 4.41. The van der Waals surface area contributed by atoms with E-state index in [0.717, 1.165) is 12.8 Å². The minimum absolute atomic E-state index is 0.197. The number of fused-ring (bicyclic) bond motifs is 1. The smallest absolute Gasteiger partial charge is 0.351 e. The average Bonchev–Trinajstić information content (AvgIpc) is 2.68. The number of ether oxygens (including phenoxy) is 2. The van der Waals surface area contributed by atoms with Crippen molar-refractivity contribution >= 4 is 22.9 Å². The Bertz CT molecular complexity index is 1020. The maximum atomic E-state index is 12.3. The Morgan fingerprint density at radius 3 is 2.48 bits per heavy atom. The van der Waals surface area contributed by atoms with Crippen molar-refractivity contribution in [2.24, 2.45) is 0 Å². The summed E-state index contributed by atoms with van der Waals surface area (Å²) in [5.74, 6) is -1.05. The van der Waals surface area contributed by atoms with Crippen LogP contribution in [0.5, 0.6) is 5.75 Å². The van der Waals surface area contributed by atoms with E-state index >= 15 is 0 Å². The maximum Gasteiger partial charge on any atom is 0.351 e. The molecule has 0 amide bonds. The lowest BCUT2D eigenvalue weighted by atomic mass is 10.2. The number of para-hydroxylation sites is 1. The van der Waals surface area contributed by atoms with Gasteiger partial charge in [-0.15, -0.1) is 0 Å². The first kappa shape index (κ1) is 18.4. The number of carbonyl (C=O) groups excluding carboxylic acids is 2. The molecule has 0 atom stereocenters. The lowest BCUT2D eigenvalue weighted by Gasteiger charge is -2.06. The fourth-order valence-corrected chi connectivity index (χ4v) is 2.42. The van der Waals surface area contributed by atoms with Crippen molar-refractivity contribution in [1.29, 1.82) is 0 Å². The van der Waals surface area contributed by atoms with E-state index in [9.17, 15) is 14.4 Å². The second-order valence-corrected chi connectivity index (χ2v) is 5.89. The standard InChI is InChI=1S/C21H18O6/c1-2-3-12-25-19(22)14-8-10-16(11-9-14)26-20(23)17-13-15-6-4-5-7-18(15)27-21(17)24/h4-11,13H,2-3,12H2,1H3. The Kier molecular flexibility index (Phi) is 5.66. The molecule has 138 valence electrons. The number of hydrogen-bond acceptors (Lipinski definition) is 6. The second kappa shape index (κ2) is 8.31. The van der Waals surface area contributed by atoms with E-state index in [-0.39, 0.29) is 11.3 Å². The van der Waals surface area contributed by atoms with Gasteiger partial charge in [-0.3, -0.25) is 0 Å². The van der Waals surface area contributed by atoms with Crippen LogP contribution in [0.2, 0.25) is 0 Å². The first-order valence-corrected chi connectivity index (χ1v) is 8.60. The average molecular weight is 366 g/mol. The fraction of sp³-hybridized carbons (Fsp3) is 0.190. The quantitative estimate of drug-likeness (QED) is 0.284. The molecular formula is C21H18O6. The Morgan fingerprint density at radius 1 is 1.00 bits per heavy atom. The number of unbranched alkanes of at least 4 members (excludes halogenated alkanes) is 1. The van der Waals surface area contributed by atoms with Gasteiger partial charge in [-0.25, -0.2) is 14.4 Å². The van der Waals surface area contributed by atoms with Crippen LogP contribution in [-0.4, -0.2) is 18.5 Å². The molecule has 0 N–H and O–H groups in total. The minimum Gasteiger partial charge on any atom is -0.462 e. The Balaban J connectivity index is 1.72. The van der Waals surface area contributed by atoms with E-state index in [1.807, 2.05) is 6.92 Å². The van der Waals surface area contributed by atoms with Crippen molar-refractivity contribution in [3.63, 3.8) is 0 Å². The fourth-order valence-electron chi connectivity index (χ4n) is 2.42. The van der Waals surface area contributed by atoms with Crippen molar-refractivity contribution in [2.45, 2.75) is 19.8 Å². The molecule has 1 heterocycles. The lowest BCUT2D eigenvalue weighted by molar-refractivity contribution is 0.0499. The highest BCUT2D eigenvalue weighted by Crippen LogP contribution is 2.17. The highest BCUT2D eigenvalue weighted by atomic mass is 16.5. The number of benzene rings is 2. The predicted molar refractivity (Wildman–Crippen MR) is 99.1 cm³/mol. The van der Waals surface area contributed by atoms with Crippen LogP contribution in [-0.2, 0) is 4.74 Å². The van der Waals surface area contributed by atoms with Gasteiger partial charge in [-0.05, 0) is 42.8 Å². The molecule has 3 aromatic rings. The molecule has 2 aromatic carbocycles. The van der Waals surface area contributed by atoms with Crippen LogP contribution in [0, 0.1) is 0 Å². The number of hydrogen-bond donors (Lipinski definition) is 0. The van der Waals surface area contributed by atoms with Gasteiger partial charge in [0.05, 0.1) is 12.2 Å². The molecule has 1 aromatic heterocycles. The van der Waals surface area contributed by atoms with Crippen molar-refractivity contribution < 1.29 is 23.5 Å². The van der Waals surface area contributed by atoms with Gasteiger partial charge < -0.3 is 13.9 Å². The molecule has 0 bridgehead atoms. The maximum absolute atomic E-state index is 12.3. The number of esters is 2. The zero-order valence-corrected chi connectivity index (χ0v) is 14.8. The van der Waals surface area contributed by atoms with Gasteiger partial charge in [-0.1, -0.05) is 31.5 Å². The number of rotatable bonds is 6. The summed E-state index contributed by atoms with van der Waals surface area (Å²) in [6.45, 7) is 2.37. The summed E-state index contributed by atoms with van der Waals surface area (Å²) in [5, 5.41) is 0.620. The normalized spacial score (nSPS) is 10.6. The van der Waals surface area contributed by atoms with Gasteiger partial charge in [0.1, 0.15) is 16.9 Å². The molecule has 0 spiro atoms. The topological polar surface area (TPSA) is 82.8 Å². The van der Waals surface area contributed by atoms with Crippen LogP contribution in [0.1, 0.15) is 40.5 Å². The highest BCUT2D eigenvalue weighted by molar-refractivity contribution is 5.94. The SMILES string of the molecule is CCCCOC(=O)c1ccc(OC(=O)c2cc3ccccc3oc2=O)cc1. The van der Waals surface area contributed by atoms with E-state index in [4.69, 9.17) is 13.9 Å². The van der Waals surface area contributed by atoms with Gasteiger partial charge in [0, 0.05) is 5.39 Å². The summed E-state index contributed by atoms with van der Waals surface area (Å²) in [7, 11) is 0. The first-order valence-electron chi connectivity index (χ1n) is 8.60. The van der Waals surface area contributed by atoms with Crippen molar-refractivity contribution in [1.82, 2.24) is 0 Å². The van der Waals surface area contributed by atoms with Crippen LogP contribution in [0.15, 0.2) is 63.8 Å². The van der Waals surface area contributed by atoms with Crippen molar-refractivity contribution in [3.05, 3.63) is 76.1 Å². The molecule has 0 unspecified atom stereocenters. The van der Waals surface area contributed by atoms with Crippen LogP contribution < -0.4 is 10.4 Å². The molecule has 6 heteroatoms. The molecule has 0 saturated carbocycles. The van der Waals surface area contributed by atoms with Gasteiger partial charge in [0.15, 0.2) is 0 Å². The molecule has 0 fully saturated rings. The molecule has 3 rings (SSSR count). The van der Waals surface area contributed by atoms with E-state index in [1.165, 1.54) is 30.3 Å². The minimum atomic E-state index is -0.826. The molecule has 0 saturated heterocycles. The van der Waals surface area contributed by atoms with Gasteiger partial charge in [0.2, 0.25) is 0 Å². The third-order valence-electron chi connectivity index (χ3n) is 3.89. The van der Waals surface area contributed by atoms with Crippen LogP contribution in [0.25, 0.3) is 11.0 Å². The molecule has 6 nitrogen and oxygen atoms in total. The highest BCUT2D eigenvalue weighted by Gasteiger charge is 2.16. The molecule has 0 aliphatic carbocycles. The van der Waals surface area contributed by atoms with Gasteiger partial charge in [0.25, 0.3) is 0 Å². The summed E-state index contributed by atoms with van der Waals surface area (Å²) >= 11 is 0. The van der Waals surface area contributed by atoms with E-state index in [2.05, 4.69) is 0 Å². The summed E-state index contributed by atoms with van der Waals surface area (Å²) in [4.78, 5) is 36.2. The van der Waals surface area contributed by atoms with E-state index in [0.29, 0.717) is 23.1 Å². The van der Waals surface area contributed by atoms with Crippen LogP contribution in [0.3, 0.4) is 0 Å². The van der Waals surface area contributed by atoms with E-state index < -0.39 is 17.6 Å².